The lowest BCUT2D eigenvalue weighted by molar-refractivity contribution is -0.147. The predicted octanol–water partition coefficient (Wildman–Crippen LogP) is -0.975. The van der Waals surface area contributed by atoms with Gasteiger partial charge in [0.15, 0.2) is 0 Å². The Balaban J connectivity index is 4.54. The number of amides is 2. The number of esters is 1. The maximum atomic E-state index is 11.6. The van der Waals surface area contributed by atoms with Crippen LogP contribution in [0, 0.1) is 0 Å². The van der Waals surface area contributed by atoms with E-state index < -0.39 is 36.5 Å². The zero-order chi connectivity index (χ0) is 14.3. The van der Waals surface area contributed by atoms with E-state index in [4.69, 9.17) is 10.2 Å². The van der Waals surface area contributed by atoms with Gasteiger partial charge in [-0.2, -0.15) is 0 Å². The molecule has 18 heavy (non-hydrogen) atoms. The summed E-state index contributed by atoms with van der Waals surface area (Å²) in [5.74, 6) is -2.07. The number of hydrogen-bond acceptors (Lipinski definition) is 5. The second-order valence-corrected chi connectivity index (χ2v) is 3.76. The Morgan fingerprint density at radius 1 is 1.39 bits per heavy atom. The van der Waals surface area contributed by atoms with Crippen LogP contribution in [0.5, 0.6) is 0 Å². The number of likely N-dealkylation sites (N-methyl/N-ethyl adjacent to an activating group) is 1. The lowest BCUT2D eigenvalue weighted by Crippen LogP contribution is -2.50. The SMILES string of the molecule is COC(=O)C[C@H](NC(=O)N(C)C(C)CO)C(=O)O. The van der Waals surface area contributed by atoms with Crippen LogP contribution in [0.2, 0.25) is 0 Å². The summed E-state index contributed by atoms with van der Waals surface area (Å²) in [4.78, 5) is 34.6. The van der Waals surface area contributed by atoms with Crippen molar-refractivity contribution in [3.63, 3.8) is 0 Å². The zero-order valence-electron chi connectivity index (χ0n) is 10.5. The van der Waals surface area contributed by atoms with Crippen molar-refractivity contribution >= 4 is 18.0 Å². The van der Waals surface area contributed by atoms with Crippen LogP contribution in [0.25, 0.3) is 0 Å². The van der Waals surface area contributed by atoms with Gasteiger partial charge in [-0.3, -0.25) is 4.79 Å². The average molecular weight is 262 g/mol. The monoisotopic (exact) mass is 262 g/mol. The molecule has 0 aliphatic heterocycles. The molecule has 104 valence electrons. The van der Waals surface area contributed by atoms with E-state index in [1.54, 1.807) is 6.92 Å². The lowest BCUT2D eigenvalue weighted by atomic mass is 10.2. The first-order chi connectivity index (χ1) is 8.33. The largest absolute Gasteiger partial charge is 0.480 e. The molecule has 0 bridgehead atoms. The molecule has 8 nitrogen and oxygen atoms in total. The van der Waals surface area contributed by atoms with Gasteiger partial charge in [-0.05, 0) is 6.92 Å². The number of carbonyl (C=O) groups excluding carboxylic acids is 2. The molecule has 0 aliphatic carbocycles. The quantitative estimate of drug-likeness (QED) is 0.530. The van der Waals surface area contributed by atoms with Crippen molar-refractivity contribution in [2.24, 2.45) is 0 Å². The van der Waals surface area contributed by atoms with Crippen LogP contribution < -0.4 is 5.32 Å². The van der Waals surface area contributed by atoms with Crippen molar-refractivity contribution < 1.29 is 29.3 Å². The van der Waals surface area contributed by atoms with Crippen molar-refractivity contribution in [1.82, 2.24) is 10.2 Å². The fraction of sp³-hybridized carbons (Fsp3) is 0.700. The summed E-state index contributed by atoms with van der Waals surface area (Å²) in [5, 5.41) is 19.9. The third kappa shape index (κ3) is 5.00. The number of urea groups is 1. The molecule has 0 heterocycles. The van der Waals surface area contributed by atoms with Crippen molar-refractivity contribution in [3.8, 4) is 0 Å². The van der Waals surface area contributed by atoms with E-state index in [1.807, 2.05) is 0 Å². The Hall–Kier alpha value is -1.83. The van der Waals surface area contributed by atoms with Crippen LogP contribution in [-0.2, 0) is 14.3 Å². The summed E-state index contributed by atoms with van der Waals surface area (Å²) in [5.41, 5.74) is 0. The first kappa shape index (κ1) is 16.2. The molecular formula is C10H18N2O6. The Labute approximate surface area is 105 Å². The van der Waals surface area contributed by atoms with E-state index >= 15 is 0 Å². The van der Waals surface area contributed by atoms with Gasteiger partial charge < -0.3 is 25.2 Å². The molecule has 0 fully saturated rings. The normalized spacial score (nSPS) is 13.3. The van der Waals surface area contributed by atoms with Crippen molar-refractivity contribution in [1.29, 1.82) is 0 Å². The van der Waals surface area contributed by atoms with Gasteiger partial charge in [0.2, 0.25) is 0 Å². The van der Waals surface area contributed by atoms with E-state index in [0.717, 1.165) is 12.0 Å². The van der Waals surface area contributed by atoms with Gasteiger partial charge in [0.05, 0.1) is 26.2 Å². The van der Waals surface area contributed by atoms with Crippen LogP contribution >= 0.6 is 0 Å². The van der Waals surface area contributed by atoms with Gasteiger partial charge in [0.1, 0.15) is 6.04 Å². The van der Waals surface area contributed by atoms with E-state index in [-0.39, 0.29) is 6.61 Å². The first-order valence-corrected chi connectivity index (χ1v) is 5.27. The number of carbonyl (C=O) groups is 3. The van der Waals surface area contributed by atoms with E-state index in [9.17, 15) is 14.4 Å². The minimum absolute atomic E-state index is 0.251. The zero-order valence-corrected chi connectivity index (χ0v) is 10.5. The summed E-state index contributed by atoms with van der Waals surface area (Å²) in [6.07, 6.45) is -0.459. The van der Waals surface area contributed by atoms with Gasteiger partial charge in [0, 0.05) is 7.05 Å². The number of nitrogens with zero attached hydrogens (tertiary/aromatic N) is 1. The smallest absolute Gasteiger partial charge is 0.326 e. The Bertz CT molecular complexity index is 319. The summed E-state index contributed by atoms with van der Waals surface area (Å²) in [6.45, 7) is 1.34. The number of aliphatic hydroxyl groups excluding tert-OH is 1. The maximum absolute atomic E-state index is 11.6. The summed E-state index contributed by atoms with van der Waals surface area (Å²) in [7, 11) is 2.54. The molecular weight excluding hydrogens is 244 g/mol. The molecule has 0 radical (unpaired) electrons. The highest BCUT2D eigenvalue weighted by atomic mass is 16.5. The Morgan fingerprint density at radius 3 is 2.33 bits per heavy atom. The number of carboxylic acids is 1. The first-order valence-electron chi connectivity index (χ1n) is 5.27. The van der Waals surface area contributed by atoms with Crippen LogP contribution in [0.4, 0.5) is 4.79 Å². The molecule has 8 heteroatoms. The molecule has 0 rings (SSSR count). The number of ether oxygens (including phenoxy) is 1. The molecule has 0 aromatic carbocycles. The maximum Gasteiger partial charge on any atom is 0.326 e. The van der Waals surface area contributed by atoms with E-state index in [1.165, 1.54) is 7.05 Å². The summed E-state index contributed by atoms with van der Waals surface area (Å²) in [6, 6.07) is -2.51. The van der Waals surface area contributed by atoms with Gasteiger partial charge >= 0.3 is 18.0 Å². The fourth-order valence-corrected chi connectivity index (χ4v) is 1.02. The number of methoxy groups -OCH3 is 1. The van der Waals surface area contributed by atoms with Gasteiger partial charge in [-0.1, -0.05) is 0 Å². The van der Waals surface area contributed by atoms with Crippen LogP contribution in [-0.4, -0.2) is 65.9 Å². The van der Waals surface area contributed by atoms with Crippen LogP contribution in [0.3, 0.4) is 0 Å². The minimum Gasteiger partial charge on any atom is -0.480 e. The van der Waals surface area contributed by atoms with E-state index in [0.29, 0.717) is 0 Å². The molecule has 3 N–H and O–H groups in total. The van der Waals surface area contributed by atoms with Crippen molar-refractivity contribution in [2.75, 3.05) is 20.8 Å². The second kappa shape index (κ2) is 7.49. The topological polar surface area (TPSA) is 116 Å². The number of aliphatic hydroxyl groups is 1. The molecule has 2 amide bonds. The van der Waals surface area contributed by atoms with Gasteiger partial charge in [0.25, 0.3) is 0 Å². The highest BCUT2D eigenvalue weighted by Crippen LogP contribution is 1.99. The molecule has 0 aromatic heterocycles. The highest BCUT2D eigenvalue weighted by Gasteiger charge is 2.26. The molecule has 0 aromatic rings. The standard InChI is InChI=1S/C10H18N2O6/c1-6(5-13)12(2)10(17)11-7(9(15)16)4-8(14)18-3/h6-7,13H,4-5H2,1-3H3,(H,11,17)(H,15,16)/t6?,7-/m0/s1. The average Bonchev–Trinajstić information content (AvgIpc) is 2.35. The fourth-order valence-electron chi connectivity index (χ4n) is 1.02. The number of aliphatic carboxylic acids is 1. The molecule has 1 unspecified atom stereocenters. The number of rotatable bonds is 6. The van der Waals surface area contributed by atoms with Crippen LogP contribution in [0.15, 0.2) is 0 Å². The lowest BCUT2D eigenvalue weighted by Gasteiger charge is -2.25. The number of hydrogen-bond donors (Lipinski definition) is 3. The molecule has 0 saturated carbocycles. The second-order valence-electron chi connectivity index (χ2n) is 3.76. The summed E-state index contributed by atoms with van der Waals surface area (Å²) >= 11 is 0. The third-order valence-electron chi connectivity index (χ3n) is 2.44. The van der Waals surface area contributed by atoms with Crippen molar-refractivity contribution in [2.45, 2.75) is 25.4 Å². The number of carboxylic acid groups (broad SMARTS) is 1. The number of nitrogens with one attached hydrogen (secondary N) is 1. The van der Waals surface area contributed by atoms with E-state index in [2.05, 4.69) is 10.1 Å². The highest BCUT2D eigenvalue weighted by molar-refractivity contribution is 5.86. The molecule has 0 saturated heterocycles. The van der Waals surface area contributed by atoms with Gasteiger partial charge in [-0.15, -0.1) is 0 Å². The van der Waals surface area contributed by atoms with Crippen molar-refractivity contribution in [3.05, 3.63) is 0 Å². The molecule has 2 atom stereocenters. The Kier molecular flexibility index (Phi) is 6.73. The Morgan fingerprint density at radius 2 is 1.94 bits per heavy atom. The summed E-state index contributed by atoms with van der Waals surface area (Å²) < 4.78 is 4.33. The predicted molar refractivity (Wildman–Crippen MR) is 60.9 cm³/mol. The van der Waals surface area contributed by atoms with Gasteiger partial charge in [-0.25, -0.2) is 9.59 Å². The third-order valence-corrected chi connectivity index (χ3v) is 2.44. The minimum atomic E-state index is -1.36. The molecule has 0 aliphatic rings. The van der Waals surface area contributed by atoms with Crippen LogP contribution in [0.1, 0.15) is 13.3 Å². The molecule has 0 spiro atoms.